The van der Waals surface area contributed by atoms with Gasteiger partial charge in [0.15, 0.2) is 6.10 Å². The first-order chi connectivity index (χ1) is 29.5. The molecule has 0 radical (unpaired) electrons. The molecule has 0 aromatic carbocycles. The van der Waals surface area contributed by atoms with Gasteiger partial charge in [0.25, 0.3) is 0 Å². The summed E-state index contributed by atoms with van der Waals surface area (Å²) < 4.78 is 16.7. The van der Waals surface area contributed by atoms with Crippen molar-refractivity contribution in [3.8, 4) is 0 Å². The normalized spacial score (nSPS) is 12.1. The van der Waals surface area contributed by atoms with Gasteiger partial charge in [-0.25, -0.2) is 0 Å². The average molecular weight is 845 g/mol. The highest BCUT2D eigenvalue weighted by Crippen LogP contribution is 2.16. The van der Waals surface area contributed by atoms with E-state index in [-0.39, 0.29) is 31.1 Å². The van der Waals surface area contributed by atoms with Crippen molar-refractivity contribution in [3.63, 3.8) is 0 Å². The highest BCUT2D eigenvalue weighted by Gasteiger charge is 2.19. The summed E-state index contributed by atoms with van der Waals surface area (Å²) in [6.07, 6.45) is 56.3. The molecule has 0 saturated heterocycles. The molecule has 0 rings (SSSR count). The van der Waals surface area contributed by atoms with E-state index in [0.29, 0.717) is 19.3 Å². The van der Waals surface area contributed by atoms with Crippen molar-refractivity contribution in [2.45, 2.75) is 290 Å². The van der Waals surface area contributed by atoms with Gasteiger partial charge in [0.1, 0.15) is 13.2 Å². The van der Waals surface area contributed by atoms with Crippen LogP contribution in [-0.4, -0.2) is 37.2 Å². The first-order valence-electron chi connectivity index (χ1n) is 26.3. The number of hydrogen-bond acceptors (Lipinski definition) is 6. The van der Waals surface area contributed by atoms with Gasteiger partial charge < -0.3 is 14.2 Å². The fraction of sp³-hybridized carbons (Fsp3) is 0.870. The summed E-state index contributed by atoms with van der Waals surface area (Å²) in [5.41, 5.74) is 0. The minimum atomic E-state index is -0.771. The lowest BCUT2D eigenvalue weighted by atomic mass is 10.0. The molecule has 0 spiro atoms. The van der Waals surface area contributed by atoms with Gasteiger partial charge in [0.05, 0.1) is 0 Å². The first kappa shape index (κ1) is 57.9. The van der Waals surface area contributed by atoms with Crippen LogP contribution in [0.15, 0.2) is 24.3 Å². The summed E-state index contributed by atoms with van der Waals surface area (Å²) in [6.45, 7) is 6.56. The van der Waals surface area contributed by atoms with Crippen molar-refractivity contribution in [2.24, 2.45) is 0 Å². The minimum Gasteiger partial charge on any atom is -0.462 e. The SMILES string of the molecule is CCCC/C=C\C/C=C\CCCCCCCC(=O)OC(COC(=O)CCCCCCCC)COC(=O)CCCCCCCCCCCCCCCCCCCCCCCC. The number of unbranched alkanes of at least 4 members (excludes halogenated alkanes) is 33. The summed E-state index contributed by atoms with van der Waals surface area (Å²) in [5.74, 6) is -0.885. The van der Waals surface area contributed by atoms with E-state index in [9.17, 15) is 14.4 Å². The van der Waals surface area contributed by atoms with E-state index in [1.807, 2.05) is 0 Å². The van der Waals surface area contributed by atoms with Crippen LogP contribution in [0.2, 0.25) is 0 Å². The van der Waals surface area contributed by atoms with Gasteiger partial charge in [-0.3, -0.25) is 14.4 Å². The molecule has 0 aliphatic rings. The van der Waals surface area contributed by atoms with Crippen molar-refractivity contribution in [1.82, 2.24) is 0 Å². The maximum Gasteiger partial charge on any atom is 0.306 e. The van der Waals surface area contributed by atoms with Crippen LogP contribution in [0.3, 0.4) is 0 Å². The standard InChI is InChI=1S/C54H100O6/c1-4-7-10-13-16-18-20-22-24-25-26-27-28-29-30-31-33-34-36-38-41-44-47-53(56)59-50-51(49-58-52(55)46-43-40-15-12-9-6-3)60-54(57)48-45-42-39-37-35-32-23-21-19-17-14-11-8-5-2/h14,17,21,23,51H,4-13,15-16,18-20,22,24-50H2,1-3H3/b17-14-,23-21-. The van der Waals surface area contributed by atoms with Crippen molar-refractivity contribution in [2.75, 3.05) is 13.2 Å². The van der Waals surface area contributed by atoms with Crippen LogP contribution in [0.4, 0.5) is 0 Å². The van der Waals surface area contributed by atoms with Crippen LogP contribution in [0, 0.1) is 0 Å². The van der Waals surface area contributed by atoms with Crippen molar-refractivity contribution in [1.29, 1.82) is 0 Å². The maximum atomic E-state index is 12.7. The second-order valence-electron chi connectivity index (χ2n) is 17.8. The van der Waals surface area contributed by atoms with Crippen LogP contribution in [0.25, 0.3) is 0 Å². The Hall–Kier alpha value is -2.11. The Balaban J connectivity index is 4.11. The second-order valence-corrected chi connectivity index (χ2v) is 17.8. The highest BCUT2D eigenvalue weighted by molar-refractivity contribution is 5.71. The zero-order chi connectivity index (χ0) is 43.7. The number of esters is 3. The number of rotatable bonds is 48. The Labute approximate surface area is 373 Å². The number of allylic oxidation sites excluding steroid dienone is 4. The van der Waals surface area contributed by atoms with Gasteiger partial charge in [-0.1, -0.05) is 244 Å². The van der Waals surface area contributed by atoms with E-state index < -0.39 is 6.10 Å². The average Bonchev–Trinajstić information content (AvgIpc) is 3.24. The number of carbonyl (C=O) groups is 3. The Bertz CT molecular complexity index is 973. The maximum absolute atomic E-state index is 12.7. The molecule has 352 valence electrons. The molecule has 0 aromatic rings. The quantitative estimate of drug-likeness (QED) is 0.0263. The molecule has 0 N–H and O–H groups in total. The second kappa shape index (κ2) is 49.5. The first-order valence-corrected chi connectivity index (χ1v) is 26.3. The van der Waals surface area contributed by atoms with Gasteiger partial charge in [0, 0.05) is 19.3 Å². The highest BCUT2D eigenvalue weighted by atomic mass is 16.6. The van der Waals surface area contributed by atoms with E-state index in [4.69, 9.17) is 14.2 Å². The molecule has 0 fully saturated rings. The van der Waals surface area contributed by atoms with Gasteiger partial charge in [-0.05, 0) is 44.9 Å². The van der Waals surface area contributed by atoms with Crippen LogP contribution >= 0.6 is 0 Å². The Morgan fingerprint density at radius 1 is 0.333 bits per heavy atom. The molecule has 1 atom stereocenters. The third kappa shape index (κ3) is 46.9. The summed E-state index contributed by atoms with van der Waals surface area (Å²) >= 11 is 0. The lowest BCUT2D eigenvalue weighted by Crippen LogP contribution is -2.30. The molecule has 1 unspecified atom stereocenters. The topological polar surface area (TPSA) is 78.9 Å². The van der Waals surface area contributed by atoms with Crippen LogP contribution in [0.1, 0.15) is 284 Å². The molecular formula is C54H100O6. The van der Waals surface area contributed by atoms with Crippen LogP contribution in [0.5, 0.6) is 0 Å². The summed E-state index contributed by atoms with van der Waals surface area (Å²) in [6, 6.07) is 0. The minimum absolute atomic E-state index is 0.0732. The molecule has 60 heavy (non-hydrogen) atoms. The Morgan fingerprint density at radius 3 is 0.967 bits per heavy atom. The molecule has 0 heterocycles. The Kier molecular flexibility index (Phi) is 47.8. The number of hydrogen-bond donors (Lipinski definition) is 0. The van der Waals surface area contributed by atoms with Gasteiger partial charge >= 0.3 is 17.9 Å². The molecule has 0 aliphatic carbocycles. The smallest absolute Gasteiger partial charge is 0.306 e. The zero-order valence-corrected chi connectivity index (χ0v) is 40.2. The van der Waals surface area contributed by atoms with E-state index in [2.05, 4.69) is 45.1 Å². The summed E-state index contributed by atoms with van der Waals surface area (Å²) in [7, 11) is 0. The molecule has 0 aliphatic heterocycles. The predicted molar refractivity (Wildman–Crippen MR) is 256 cm³/mol. The van der Waals surface area contributed by atoms with Crippen molar-refractivity contribution >= 4 is 17.9 Å². The number of carbonyl (C=O) groups excluding carboxylic acids is 3. The number of ether oxygens (including phenoxy) is 3. The molecule has 6 heteroatoms. The van der Waals surface area contributed by atoms with Crippen molar-refractivity contribution < 1.29 is 28.6 Å². The van der Waals surface area contributed by atoms with Crippen LogP contribution < -0.4 is 0 Å². The molecule has 0 bridgehead atoms. The van der Waals surface area contributed by atoms with E-state index in [1.54, 1.807) is 0 Å². The van der Waals surface area contributed by atoms with Gasteiger partial charge in [-0.2, -0.15) is 0 Å². The van der Waals surface area contributed by atoms with Crippen molar-refractivity contribution in [3.05, 3.63) is 24.3 Å². The monoisotopic (exact) mass is 845 g/mol. The van der Waals surface area contributed by atoms with E-state index in [0.717, 1.165) is 83.5 Å². The lowest BCUT2D eigenvalue weighted by Gasteiger charge is -2.18. The predicted octanol–water partition coefficient (Wildman–Crippen LogP) is 17.2. The fourth-order valence-corrected chi connectivity index (χ4v) is 7.70. The molecule has 6 nitrogen and oxygen atoms in total. The zero-order valence-electron chi connectivity index (χ0n) is 40.2. The molecule has 0 aromatic heterocycles. The van der Waals surface area contributed by atoms with Crippen LogP contribution in [-0.2, 0) is 28.6 Å². The Morgan fingerprint density at radius 2 is 0.617 bits per heavy atom. The summed E-state index contributed by atoms with van der Waals surface area (Å²) in [5, 5.41) is 0. The van der Waals surface area contributed by atoms with Gasteiger partial charge in [0.2, 0.25) is 0 Å². The lowest BCUT2D eigenvalue weighted by molar-refractivity contribution is -0.167. The third-order valence-electron chi connectivity index (χ3n) is 11.7. The largest absolute Gasteiger partial charge is 0.462 e. The molecular weight excluding hydrogens is 745 g/mol. The fourth-order valence-electron chi connectivity index (χ4n) is 7.70. The third-order valence-corrected chi connectivity index (χ3v) is 11.7. The molecule has 0 saturated carbocycles. The van der Waals surface area contributed by atoms with E-state index in [1.165, 1.54) is 161 Å². The van der Waals surface area contributed by atoms with Gasteiger partial charge in [-0.15, -0.1) is 0 Å². The van der Waals surface area contributed by atoms with E-state index >= 15 is 0 Å². The molecule has 0 amide bonds. The summed E-state index contributed by atoms with van der Waals surface area (Å²) in [4.78, 5) is 37.7.